The van der Waals surface area contributed by atoms with Crippen molar-refractivity contribution in [2.75, 3.05) is 4.72 Å². The summed E-state index contributed by atoms with van der Waals surface area (Å²) in [7, 11) is -3.68. The fourth-order valence-corrected chi connectivity index (χ4v) is 2.53. The number of anilines is 1. The molecule has 2 aromatic rings. The van der Waals surface area contributed by atoms with E-state index in [0.717, 1.165) is 0 Å². The minimum Gasteiger partial charge on any atom is -0.295 e. The lowest BCUT2D eigenvalue weighted by molar-refractivity contribution is 0.101. The highest BCUT2D eigenvalue weighted by Gasteiger charge is 2.14. The lowest BCUT2D eigenvalue weighted by atomic mass is 10.1. The molecule has 0 radical (unpaired) electrons. The number of Topliss-reactive ketones (excluding diaryl/α,β-unsaturated/α-hetero) is 1. The molecule has 19 heavy (non-hydrogen) atoms. The largest absolute Gasteiger partial charge is 0.295 e. The van der Waals surface area contributed by atoms with Crippen molar-refractivity contribution in [3.63, 3.8) is 0 Å². The molecular formula is C13H12N2O3S. The summed E-state index contributed by atoms with van der Waals surface area (Å²) in [6.07, 6.45) is 2.76. The Hall–Kier alpha value is -2.21. The molecule has 0 atom stereocenters. The second-order valence-corrected chi connectivity index (χ2v) is 5.61. The first-order valence-corrected chi connectivity index (χ1v) is 7.01. The fraction of sp³-hybridized carbons (Fsp3) is 0.0769. The Morgan fingerprint density at radius 1 is 1.21 bits per heavy atom. The number of carbonyl (C=O) groups is 1. The molecule has 0 saturated heterocycles. The number of ketones is 1. The highest BCUT2D eigenvalue weighted by atomic mass is 32.2. The molecule has 6 heteroatoms. The standard InChI is InChI=1S/C13H12N2O3S/c1-10(16)11-4-2-5-12(8-11)15-19(17,18)13-6-3-7-14-9-13/h2-9,15H,1H3. The summed E-state index contributed by atoms with van der Waals surface area (Å²) in [6.45, 7) is 1.43. The number of nitrogens with one attached hydrogen (secondary N) is 1. The Kier molecular flexibility index (Phi) is 3.62. The first kappa shape index (κ1) is 13.2. The third kappa shape index (κ3) is 3.17. The molecular weight excluding hydrogens is 264 g/mol. The third-order valence-electron chi connectivity index (χ3n) is 2.47. The first-order valence-electron chi connectivity index (χ1n) is 5.53. The second kappa shape index (κ2) is 5.19. The lowest BCUT2D eigenvalue weighted by Gasteiger charge is -2.08. The number of aromatic nitrogens is 1. The molecule has 1 N–H and O–H groups in total. The van der Waals surface area contributed by atoms with Crippen LogP contribution in [0.4, 0.5) is 5.69 Å². The van der Waals surface area contributed by atoms with Crippen molar-refractivity contribution in [2.24, 2.45) is 0 Å². The highest BCUT2D eigenvalue weighted by molar-refractivity contribution is 7.92. The van der Waals surface area contributed by atoms with Crippen LogP contribution >= 0.6 is 0 Å². The molecule has 0 bridgehead atoms. The molecule has 0 aliphatic rings. The van der Waals surface area contributed by atoms with Crippen LogP contribution in [0.15, 0.2) is 53.7 Å². The smallest absolute Gasteiger partial charge is 0.263 e. The predicted molar refractivity (Wildman–Crippen MR) is 71.5 cm³/mol. The zero-order chi connectivity index (χ0) is 13.9. The SMILES string of the molecule is CC(=O)c1cccc(NS(=O)(=O)c2cccnc2)c1. The number of rotatable bonds is 4. The van der Waals surface area contributed by atoms with Gasteiger partial charge in [-0.3, -0.25) is 14.5 Å². The number of hydrogen-bond donors (Lipinski definition) is 1. The van der Waals surface area contributed by atoms with Crippen molar-refractivity contribution >= 4 is 21.5 Å². The zero-order valence-electron chi connectivity index (χ0n) is 10.2. The van der Waals surface area contributed by atoms with Gasteiger partial charge < -0.3 is 0 Å². The Bertz CT molecular complexity index is 697. The van der Waals surface area contributed by atoms with Crippen LogP contribution in [0.3, 0.4) is 0 Å². The molecule has 5 nitrogen and oxygen atoms in total. The molecule has 0 fully saturated rings. The number of sulfonamides is 1. The van der Waals surface area contributed by atoms with Crippen molar-refractivity contribution in [3.8, 4) is 0 Å². The molecule has 1 aromatic heterocycles. The van der Waals surface area contributed by atoms with E-state index in [1.807, 2.05) is 0 Å². The van der Waals surface area contributed by atoms with E-state index in [2.05, 4.69) is 9.71 Å². The minimum absolute atomic E-state index is 0.0724. The monoisotopic (exact) mass is 276 g/mol. The zero-order valence-corrected chi connectivity index (χ0v) is 11.0. The van der Waals surface area contributed by atoms with E-state index in [-0.39, 0.29) is 10.7 Å². The van der Waals surface area contributed by atoms with Crippen LogP contribution in [0.1, 0.15) is 17.3 Å². The number of nitrogens with zero attached hydrogens (tertiary/aromatic N) is 1. The van der Waals surface area contributed by atoms with Crippen LogP contribution in [-0.4, -0.2) is 19.2 Å². The van der Waals surface area contributed by atoms with E-state index >= 15 is 0 Å². The molecule has 1 aromatic carbocycles. The minimum atomic E-state index is -3.68. The summed E-state index contributed by atoms with van der Waals surface area (Å²) in [5, 5.41) is 0. The number of benzene rings is 1. The van der Waals surface area contributed by atoms with Gasteiger partial charge in [0.1, 0.15) is 4.90 Å². The van der Waals surface area contributed by atoms with Gasteiger partial charge in [0.15, 0.2) is 5.78 Å². The van der Waals surface area contributed by atoms with Crippen LogP contribution in [-0.2, 0) is 10.0 Å². The molecule has 0 saturated carbocycles. The van der Waals surface area contributed by atoms with Gasteiger partial charge in [0.2, 0.25) is 0 Å². The van der Waals surface area contributed by atoms with Crippen molar-refractivity contribution in [2.45, 2.75) is 11.8 Å². The summed E-state index contributed by atoms with van der Waals surface area (Å²) in [5.74, 6) is -0.123. The van der Waals surface area contributed by atoms with Crippen molar-refractivity contribution in [3.05, 3.63) is 54.4 Å². The Morgan fingerprint density at radius 2 is 2.00 bits per heavy atom. The van der Waals surface area contributed by atoms with Gasteiger partial charge in [0.05, 0.1) is 0 Å². The summed E-state index contributed by atoms with van der Waals surface area (Å²) in [5.41, 5.74) is 0.794. The number of carbonyl (C=O) groups excluding carboxylic acids is 1. The molecule has 98 valence electrons. The van der Waals surface area contributed by atoms with Gasteiger partial charge in [-0.1, -0.05) is 12.1 Å². The summed E-state index contributed by atoms with van der Waals surface area (Å²) in [6, 6.07) is 9.32. The van der Waals surface area contributed by atoms with E-state index in [9.17, 15) is 13.2 Å². The Morgan fingerprint density at radius 3 is 2.63 bits per heavy atom. The molecule has 0 unspecified atom stereocenters. The quantitative estimate of drug-likeness (QED) is 0.867. The van der Waals surface area contributed by atoms with Gasteiger partial charge in [0, 0.05) is 23.6 Å². The number of pyridine rings is 1. The lowest BCUT2D eigenvalue weighted by Crippen LogP contribution is -2.13. The van der Waals surface area contributed by atoms with E-state index in [4.69, 9.17) is 0 Å². The van der Waals surface area contributed by atoms with Gasteiger partial charge in [-0.25, -0.2) is 8.42 Å². The van der Waals surface area contributed by atoms with Gasteiger partial charge in [-0.05, 0) is 31.2 Å². The predicted octanol–water partition coefficient (Wildman–Crippen LogP) is 2.08. The Balaban J connectivity index is 2.31. The van der Waals surface area contributed by atoms with E-state index in [0.29, 0.717) is 11.3 Å². The summed E-state index contributed by atoms with van der Waals surface area (Å²) < 4.78 is 26.5. The summed E-state index contributed by atoms with van der Waals surface area (Å²) >= 11 is 0. The first-order chi connectivity index (χ1) is 8.99. The van der Waals surface area contributed by atoms with Crippen LogP contribution in [0, 0.1) is 0 Å². The fourth-order valence-electron chi connectivity index (χ4n) is 1.52. The third-order valence-corrected chi connectivity index (χ3v) is 3.83. The van der Waals surface area contributed by atoms with Gasteiger partial charge in [-0.15, -0.1) is 0 Å². The maximum absolute atomic E-state index is 12.0. The average molecular weight is 276 g/mol. The molecule has 0 aliphatic heterocycles. The highest BCUT2D eigenvalue weighted by Crippen LogP contribution is 2.16. The van der Waals surface area contributed by atoms with Gasteiger partial charge >= 0.3 is 0 Å². The Labute approximate surface area is 111 Å². The van der Waals surface area contributed by atoms with Crippen molar-refractivity contribution in [1.82, 2.24) is 4.98 Å². The maximum atomic E-state index is 12.0. The number of hydrogen-bond acceptors (Lipinski definition) is 4. The molecule has 2 rings (SSSR count). The maximum Gasteiger partial charge on any atom is 0.263 e. The van der Waals surface area contributed by atoms with E-state index in [1.165, 1.54) is 31.5 Å². The van der Waals surface area contributed by atoms with Crippen molar-refractivity contribution in [1.29, 1.82) is 0 Å². The molecule has 1 heterocycles. The van der Waals surface area contributed by atoms with Gasteiger partial charge in [0.25, 0.3) is 10.0 Å². The normalized spacial score (nSPS) is 11.0. The summed E-state index contributed by atoms with van der Waals surface area (Å²) in [4.78, 5) is 15.1. The molecule has 0 aliphatic carbocycles. The van der Waals surface area contributed by atoms with Crippen LogP contribution in [0.2, 0.25) is 0 Å². The van der Waals surface area contributed by atoms with Crippen LogP contribution in [0.25, 0.3) is 0 Å². The van der Waals surface area contributed by atoms with Crippen LogP contribution < -0.4 is 4.72 Å². The average Bonchev–Trinajstić information content (AvgIpc) is 2.39. The van der Waals surface area contributed by atoms with Gasteiger partial charge in [-0.2, -0.15) is 0 Å². The van der Waals surface area contributed by atoms with E-state index in [1.54, 1.807) is 24.3 Å². The van der Waals surface area contributed by atoms with Crippen molar-refractivity contribution < 1.29 is 13.2 Å². The van der Waals surface area contributed by atoms with E-state index < -0.39 is 10.0 Å². The second-order valence-electron chi connectivity index (χ2n) is 3.93. The molecule has 0 spiro atoms. The molecule has 0 amide bonds. The van der Waals surface area contributed by atoms with Crippen LogP contribution in [0.5, 0.6) is 0 Å². The topological polar surface area (TPSA) is 76.1 Å².